The molecule has 0 unspecified atom stereocenters. The zero-order valence-electron chi connectivity index (χ0n) is 53.2. The largest absolute Gasteiger partial charge is 0.508 e. The molecule has 16 rings (SSSR count). The summed E-state index contributed by atoms with van der Waals surface area (Å²) in [6.07, 6.45) is 58.7. The molecular weight excluding hydrogens is 1170 g/mol. The number of para-hydroxylation sites is 2. The third-order valence-corrected chi connectivity index (χ3v) is 16.4. The molecule has 10 nitrogen and oxygen atoms in total. The van der Waals surface area contributed by atoms with Crippen LogP contribution in [0.5, 0.6) is 23.0 Å². The van der Waals surface area contributed by atoms with Gasteiger partial charge in [-0.2, -0.15) is 0 Å². The van der Waals surface area contributed by atoms with E-state index in [1.807, 2.05) is 173 Å². The van der Waals surface area contributed by atoms with Crippen LogP contribution in [0, 0.1) is 17.6 Å². The third-order valence-electron chi connectivity index (χ3n) is 16.4. The van der Waals surface area contributed by atoms with Gasteiger partial charge in [-0.25, -0.2) is 9.97 Å². The van der Waals surface area contributed by atoms with Crippen molar-refractivity contribution in [2.24, 2.45) is 0 Å². The number of phenols is 4. The second kappa shape index (κ2) is 28.8. The number of phenolic OH excluding ortho intramolecular Hbond substituents is 4. The summed E-state index contributed by atoms with van der Waals surface area (Å²) in [6.45, 7) is 8.16. The summed E-state index contributed by atoms with van der Waals surface area (Å²) in [4.78, 5) is 21.5. The maximum Gasteiger partial charge on any atom is 0.127 e. The highest BCUT2D eigenvalue weighted by Gasteiger charge is 2.24. The Morgan fingerprint density at radius 2 is 0.884 bits per heavy atom. The molecule has 0 saturated carbocycles. The summed E-state index contributed by atoms with van der Waals surface area (Å²) in [5.41, 5.74) is 18.4. The number of allylic oxidation sites excluding steroid dienone is 28. The first-order valence-electron chi connectivity index (χ1n) is 31.5. The van der Waals surface area contributed by atoms with Crippen LogP contribution in [0.2, 0.25) is 0 Å². The van der Waals surface area contributed by atoms with E-state index in [2.05, 4.69) is 157 Å². The molecule has 6 aromatic carbocycles. The molecular formula is C85H72N6O4. The lowest BCUT2D eigenvalue weighted by atomic mass is 9.83. The average Bonchev–Trinajstić information content (AvgIpc) is 1.60. The van der Waals surface area contributed by atoms with Crippen molar-refractivity contribution in [1.82, 2.24) is 29.9 Å². The van der Waals surface area contributed by atoms with E-state index >= 15 is 0 Å². The molecule has 0 fully saturated rings. The molecule has 0 bridgehead atoms. The number of nitrogens with one attached hydrogen (secondary N) is 4. The Kier molecular flexibility index (Phi) is 19.1. The summed E-state index contributed by atoms with van der Waals surface area (Å²) < 4.78 is 0. The van der Waals surface area contributed by atoms with Gasteiger partial charge in [0, 0.05) is 66.8 Å². The predicted molar refractivity (Wildman–Crippen MR) is 391 cm³/mol. The zero-order chi connectivity index (χ0) is 65.7. The van der Waals surface area contributed by atoms with Gasteiger partial charge < -0.3 is 40.4 Å². The molecule has 0 saturated heterocycles. The second-order valence-corrected chi connectivity index (χ2v) is 24.0. The van der Waals surface area contributed by atoms with Crippen LogP contribution in [0.3, 0.4) is 0 Å². The SMILES string of the molecule is C1=CC(=Cc2cnc[nH]2)C=C1.C1=CC(=c2/c(=c3\[nH]c4ccccc4c3=C3C=CC=C3)[nH]c3ccccc23)C=C1.CC(C)(C)c1cc(C(=C2C=CC=C2)c2ccccc2)c(O)cc1O.Cc1[nH]cnc1C=C1C=CC=C1.Oc1ccc(C(=C2C=CC=C2)c2ccccc2)c(O)c1. The van der Waals surface area contributed by atoms with Crippen LogP contribution in [0.25, 0.3) is 56.3 Å². The number of benzene rings is 6. The molecule has 8 N–H and O–H groups in total. The highest BCUT2D eigenvalue weighted by Crippen LogP contribution is 2.42. The molecule has 6 aliphatic rings. The molecule has 4 heterocycles. The van der Waals surface area contributed by atoms with E-state index in [0.717, 1.165) is 83.4 Å². The summed E-state index contributed by atoms with van der Waals surface area (Å²) in [5, 5.41) is 47.7. The van der Waals surface area contributed by atoms with Crippen LogP contribution in [-0.4, -0.2) is 50.3 Å². The normalized spacial score (nSPS) is 14.4. The Balaban J connectivity index is 0.000000118. The Bertz CT molecular complexity index is 5090. The minimum absolute atomic E-state index is 0.0566. The fraction of sp³-hybridized carbons (Fsp3) is 0.0588. The average molecular weight is 1240 g/mol. The molecule has 466 valence electrons. The molecule has 0 spiro atoms. The molecule has 0 atom stereocenters. The molecule has 10 heteroatoms. The van der Waals surface area contributed by atoms with Crippen molar-refractivity contribution in [3.63, 3.8) is 0 Å². The lowest BCUT2D eigenvalue weighted by Crippen LogP contribution is -2.12. The number of hydrogen-bond donors (Lipinski definition) is 8. The number of aryl methyl sites for hydroxylation is 1. The van der Waals surface area contributed by atoms with E-state index in [1.165, 1.54) is 55.6 Å². The number of nitrogens with zero attached hydrogens (tertiary/aromatic N) is 2. The fourth-order valence-corrected chi connectivity index (χ4v) is 11.9. The zero-order valence-corrected chi connectivity index (χ0v) is 53.2. The van der Waals surface area contributed by atoms with Crippen LogP contribution in [0.15, 0.2) is 326 Å². The van der Waals surface area contributed by atoms with Gasteiger partial charge in [0.1, 0.15) is 23.0 Å². The van der Waals surface area contributed by atoms with Crippen LogP contribution < -0.4 is 10.4 Å². The number of imidazole rings is 2. The van der Waals surface area contributed by atoms with Crippen molar-refractivity contribution >= 4 is 56.3 Å². The van der Waals surface area contributed by atoms with Crippen molar-refractivity contribution in [2.45, 2.75) is 33.1 Å². The summed E-state index contributed by atoms with van der Waals surface area (Å²) >= 11 is 0. The number of rotatable bonds is 6. The van der Waals surface area contributed by atoms with Crippen molar-refractivity contribution < 1.29 is 20.4 Å². The number of hydrogen-bond acceptors (Lipinski definition) is 6. The van der Waals surface area contributed by atoms with Gasteiger partial charge in [0.25, 0.3) is 0 Å². The highest BCUT2D eigenvalue weighted by molar-refractivity contribution is 5.92. The topological polar surface area (TPSA) is 170 Å². The first kappa shape index (κ1) is 62.8. The molecule has 0 radical (unpaired) electrons. The lowest BCUT2D eigenvalue weighted by molar-refractivity contribution is 0.431. The minimum atomic E-state index is -0.222. The fourth-order valence-electron chi connectivity index (χ4n) is 11.9. The molecule has 6 aliphatic carbocycles. The van der Waals surface area contributed by atoms with E-state index in [1.54, 1.807) is 31.0 Å². The maximum absolute atomic E-state index is 10.5. The van der Waals surface area contributed by atoms with Gasteiger partial charge >= 0.3 is 0 Å². The van der Waals surface area contributed by atoms with Crippen LogP contribution in [0.1, 0.15) is 65.7 Å². The maximum atomic E-state index is 10.5. The molecule has 10 aromatic rings. The Labute approximate surface area is 552 Å². The molecule has 4 aromatic heterocycles. The van der Waals surface area contributed by atoms with Crippen molar-refractivity contribution in [3.05, 3.63) is 393 Å². The summed E-state index contributed by atoms with van der Waals surface area (Å²) in [6, 6.07) is 45.0. The van der Waals surface area contributed by atoms with E-state index in [4.69, 9.17) is 0 Å². The van der Waals surface area contributed by atoms with Gasteiger partial charge in [0.2, 0.25) is 0 Å². The van der Waals surface area contributed by atoms with Gasteiger partial charge in [-0.05, 0) is 111 Å². The highest BCUT2D eigenvalue weighted by atomic mass is 16.3. The molecule has 0 aliphatic heterocycles. The molecule has 95 heavy (non-hydrogen) atoms. The van der Waals surface area contributed by atoms with Gasteiger partial charge in [-0.1, -0.05) is 264 Å². The van der Waals surface area contributed by atoms with E-state index < -0.39 is 0 Å². The Morgan fingerprint density at radius 1 is 0.432 bits per heavy atom. The summed E-state index contributed by atoms with van der Waals surface area (Å²) in [5.74, 6) is 0.338. The minimum Gasteiger partial charge on any atom is -0.508 e. The Hall–Kier alpha value is -12.4. The third kappa shape index (κ3) is 14.7. The van der Waals surface area contributed by atoms with E-state index in [-0.39, 0.29) is 28.4 Å². The second-order valence-electron chi connectivity index (χ2n) is 24.0. The Morgan fingerprint density at radius 3 is 1.35 bits per heavy atom. The van der Waals surface area contributed by atoms with E-state index in [9.17, 15) is 20.4 Å². The smallest absolute Gasteiger partial charge is 0.127 e. The van der Waals surface area contributed by atoms with Gasteiger partial charge in [0.05, 0.1) is 40.9 Å². The van der Waals surface area contributed by atoms with Crippen molar-refractivity contribution in [2.75, 3.05) is 0 Å². The molecule has 0 amide bonds. The lowest BCUT2D eigenvalue weighted by Gasteiger charge is -2.23. The summed E-state index contributed by atoms with van der Waals surface area (Å²) in [7, 11) is 0. The number of aromatic amines is 4. The van der Waals surface area contributed by atoms with Crippen LogP contribution in [0.4, 0.5) is 0 Å². The van der Waals surface area contributed by atoms with Crippen LogP contribution in [-0.2, 0) is 5.41 Å². The van der Waals surface area contributed by atoms with Gasteiger partial charge in [-0.3, -0.25) is 0 Å². The first-order valence-corrected chi connectivity index (χ1v) is 31.5. The van der Waals surface area contributed by atoms with Gasteiger partial charge in [0.15, 0.2) is 0 Å². The first-order chi connectivity index (χ1) is 46.3. The van der Waals surface area contributed by atoms with Crippen molar-refractivity contribution in [3.8, 4) is 23.0 Å². The number of fused-ring (bicyclic) bond motifs is 2. The number of aromatic hydroxyl groups is 4. The van der Waals surface area contributed by atoms with Crippen molar-refractivity contribution in [1.29, 1.82) is 0 Å². The standard InChI is InChI=1S/C26H18N2.C22H22O2.C18H14O2.C10H10N2.C9H8N2/c1-2-10-17(9-1)23-19-13-5-7-15-21(19)27-25(23)26-24(18-11-3-4-12-18)20-14-6-8-16-22(20)28-26;1-22(2,3)18-13-17(19(23)14-20(18)24)21(16-11-7-8-12-16)15-9-5-4-6-10-15;19-15-10-11-16(17(20)12-15)18(14-8-4-5-9-14)13-6-2-1-3-7-13;1-8-10(12-7-11-8)6-9-4-2-3-5-9;1-2-4-8(3-1)5-9-6-10-7-11-9/h1-16,27-28H;4-14,23-24H,1-3H3;1-12,19-20H;2-7H,1H3,(H,11,12);1-7H,(H,10,11)/b26-25+;;;;. The van der Waals surface area contributed by atoms with Crippen LogP contribution >= 0.6 is 0 Å². The monoisotopic (exact) mass is 1240 g/mol. The number of H-pyrrole nitrogens is 4. The quantitative estimate of drug-likeness (QED) is 0.0824. The predicted octanol–water partition coefficient (Wildman–Crippen LogP) is 18.0. The number of aromatic nitrogens is 6. The van der Waals surface area contributed by atoms with Gasteiger partial charge in [-0.15, -0.1) is 0 Å². The van der Waals surface area contributed by atoms with E-state index in [0.29, 0.717) is 5.56 Å².